The number of carboxylic acid groups (broad SMARTS) is 4. The molecule has 0 bridgehead atoms. The Labute approximate surface area is 488 Å². The number of fused-ring (bicyclic) bond motifs is 1. The van der Waals surface area contributed by atoms with E-state index in [4.69, 9.17) is 11.3 Å². The van der Waals surface area contributed by atoms with Crippen LogP contribution in [0.5, 0.6) is 5.75 Å². The maximum absolute atomic E-state index is 17.1. The molecule has 2 fully saturated rings. The lowest BCUT2D eigenvalue weighted by Crippen LogP contribution is -2.57. The van der Waals surface area contributed by atoms with E-state index in [1.54, 1.807) is 30.3 Å². The Kier molecular flexibility index (Phi) is 24.5. The highest BCUT2D eigenvalue weighted by Gasteiger charge is 2.56. The molecular formula is C56H76FN12O14Si-3. The Balaban J connectivity index is 1.28. The zero-order valence-electron chi connectivity index (χ0n) is 48.4. The summed E-state index contributed by atoms with van der Waals surface area (Å²) in [7, 11) is -3.69. The first-order valence-electron chi connectivity index (χ1n) is 27.8. The van der Waals surface area contributed by atoms with Crippen LogP contribution in [0.3, 0.4) is 0 Å². The summed E-state index contributed by atoms with van der Waals surface area (Å²) in [6.45, 7) is 16.3. The lowest BCUT2D eigenvalue weighted by atomic mass is 10.1. The Bertz CT molecular complexity index is 2840. The van der Waals surface area contributed by atoms with Crippen molar-refractivity contribution in [2.75, 3.05) is 105 Å². The van der Waals surface area contributed by atoms with Gasteiger partial charge in [-0.2, -0.15) is 0 Å². The van der Waals surface area contributed by atoms with Crippen LogP contribution >= 0.6 is 0 Å². The lowest BCUT2D eigenvalue weighted by molar-refractivity contribution is -0.308. The number of nitrogens with zero attached hydrogens (tertiary/aromatic N) is 8. The fraction of sp³-hybridized carbons (Fsp3) is 0.571. The summed E-state index contributed by atoms with van der Waals surface area (Å²) in [4.78, 5) is 134. The number of aromatic nitrogens is 2. The zero-order valence-corrected chi connectivity index (χ0v) is 49.4. The van der Waals surface area contributed by atoms with Gasteiger partial charge in [0.2, 0.25) is 17.7 Å². The Morgan fingerprint density at radius 3 is 1.88 bits per heavy atom. The number of rotatable bonds is 25. The van der Waals surface area contributed by atoms with Gasteiger partial charge in [0, 0.05) is 115 Å². The Morgan fingerprint density at radius 2 is 1.35 bits per heavy atom. The highest BCUT2D eigenvalue weighted by Crippen LogP contribution is 2.51. The van der Waals surface area contributed by atoms with Gasteiger partial charge in [-0.15, -0.1) is 0 Å². The molecule has 1 aromatic heterocycles. The minimum atomic E-state index is -3.69. The number of amides is 5. The van der Waals surface area contributed by atoms with E-state index >= 15 is 4.11 Å². The summed E-state index contributed by atoms with van der Waals surface area (Å²) in [5.74, 6) is -8.49. The molecular weight excluding hydrogens is 1110 g/mol. The molecule has 5 amide bonds. The monoisotopic (exact) mass is 1190 g/mol. The molecule has 5 rings (SSSR count). The smallest absolute Gasteiger partial charge is 0.320 e. The van der Waals surface area contributed by atoms with Gasteiger partial charge in [0.25, 0.3) is 20.2 Å². The number of likely N-dealkylation sites (tertiary alicyclic amines) is 1. The van der Waals surface area contributed by atoms with Crippen LogP contribution in [0.2, 0.25) is 10.1 Å². The second-order valence-electron chi connectivity index (χ2n) is 22.9. The number of benzene rings is 2. The van der Waals surface area contributed by atoms with Crippen LogP contribution < -0.4 is 46.5 Å². The number of hydrogen-bond donors (Lipinski definition) is 5. The maximum atomic E-state index is 17.1. The highest BCUT2D eigenvalue weighted by molar-refractivity contribution is 6.90. The molecule has 0 spiro atoms. The lowest BCUT2D eigenvalue weighted by Gasteiger charge is -2.44. The molecule has 5 N–H and O–H groups in total. The zero-order chi connectivity index (χ0) is 61.9. The highest BCUT2D eigenvalue weighted by atomic mass is 28.4. The van der Waals surface area contributed by atoms with E-state index in [0.29, 0.717) is 41.2 Å². The summed E-state index contributed by atoms with van der Waals surface area (Å²) in [5.41, 5.74) is 0.553. The van der Waals surface area contributed by atoms with Gasteiger partial charge < -0.3 is 64.9 Å². The van der Waals surface area contributed by atoms with E-state index in [-0.39, 0.29) is 96.2 Å². The molecule has 3 aromatic rings. The van der Waals surface area contributed by atoms with Crippen LogP contribution in [0.4, 0.5) is 4.11 Å². The number of carbonyl (C=O) groups excluding carboxylic acids is 8. The number of ether oxygens (including phenoxy) is 1. The minimum absolute atomic E-state index is 0.00441. The average molecular weight is 1190 g/mol. The van der Waals surface area contributed by atoms with Crippen LogP contribution in [0.1, 0.15) is 94.5 Å². The number of halogens is 1. The fourth-order valence-electron chi connectivity index (χ4n) is 10.7. The van der Waals surface area contributed by atoms with Crippen molar-refractivity contribution in [3.05, 3.63) is 71.5 Å². The molecule has 26 nitrogen and oxygen atoms in total. The predicted octanol–water partition coefficient (Wildman–Crippen LogP) is -2.55. The van der Waals surface area contributed by atoms with Gasteiger partial charge >= 0.3 is 12.1 Å². The number of hydrogen-bond acceptors (Lipinski definition) is 19. The molecule has 2 aliphatic heterocycles. The molecule has 84 heavy (non-hydrogen) atoms. The quantitative estimate of drug-likeness (QED) is 0.0252. The molecule has 28 heteroatoms. The van der Waals surface area contributed by atoms with Crippen molar-refractivity contribution in [2.24, 2.45) is 0 Å². The van der Waals surface area contributed by atoms with E-state index in [0.717, 1.165) is 0 Å². The van der Waals surface area contributed by atoms with Gasteiger partial charge in [-0.3, -0.25) is 58.1 Å². The summed E-state index contributed by atoms with van der Waals surface area (Å²) in [5, 5.41) is 55.5. The average Bonchev–Trinajstić information content (AvgIpc) is 1.40. The number of aliphatic carboxylic acids is 4. The Hall–Kier alpha value is -7.71. The van der Waals surface area contributed by atoms with Crippen molar-refractivity contribution in [1.82, 2.24) is 55.7 Å². The van der Waals surface area contributed by atoms with Crippen LogP contribution in [-0.4, -0.2) is 224 Å². The number of nitrogens with one attached hydrogen (secondary N) is 4. The number of carbonyl (C=O) groups is 9. The molecule has 3 atom stereocenters. The third kappa shape index (κ3) is 19.2. The summed E-state index contributed by atoms with van der Waals surface area (Å²) in [6.07, 6.45) is 1.29. The van der Waals surface area contributed by atoms with Crippen molar-refractivity contribution >= 4 is 77.9 Å². The molecule has 2 aliphatic rings. The van der Waals surface area contributed by atoms with Crippen molar-refractivity contribution in [2.45, 2.75) is 102 Å². The van der Waals surface area contributed by atoms with Crippen LogP contribution in [0, 0.1) is 6.57 Å². The van der Waals surface area contributed by atoms with E-state index in [2.05, 4.69) is 36.1 Å². The topological polar surface area (TPSA) is 347 Å². The molecule has 0 aliphatic carbocycles. The van der Waals surface area contributed by atoms with Crippen LogP contribution in [0.25, 0.3) is 15.7 Å². The summed E-state index contributed by atoms with van der Waals surface area (Å²) >= 11 is 0. The molecule has 0 radical (unpaired) electrons. The van der Waals surface area contributed by atoms with Gasteiger partial charge in [-0.05, 0) is 64.9 Å². The van der Waals surface area contributed by atoms with E-state index in [1.165, 1.54) is 43.0 Å². The summed E-state index contributed by atoms with van der Waals surface area (Å²) in [6, 6.07) is 8.14. The maximum Gasteiger partial charge on any atom is 0.320 e. The number of carboxylic acids is 4. The van der Waals surface area contributed by atoms with Gasteiger partial charge in [0.15, 0.2) is 0 Å². The van der Waals surface area contributed by atoms with Crippen LogP contribution in [0.15, 0.2) is 48.8 Å². The standard InChI is InChI=1S/C56H79FN12O14Si/c1-55(2,3)84(57,56(4,5)6)39-14-11-37(12-15-39)51(78)60-31-42(52(79)59-19-9-29-83-38-13-16-41-40(30-38)50(63-36-62-41)53(80)61-32-46(71)69-20-8-10-44(69)58-7)64-45(70)18-17-43(54(81)82)68-27-25-66(34-48(74)75)23-21-65(33-47(72)73)22-24-67(26-28-68)35-49(76)77/h11-16,30,36,42-44H,8-10,17-29,31-35H2,1-6H3,(H,59,79)(H,60,78)(H,61,80)(H,64,70)(H,72,73)(H,74,75)(H,76,77)(H,81,82)/p-3/t42?,43?,44-/m0/s1. The van der Waals surface area contributed by atoms with Gasteiger partial charge in [-0.1, -0.05) is 53.7 Å². The fourth-order valence-corrected chi connectivity index (χ4v) is 15.3. The molecule has 2 saturated heterocycles. The first-order chi connectivity index (χ1) is 39.6. The van der Waals surface area contributed by atoms with Crippen LogP contribution in [-0.2, 0) is 33.6 Å². The summed E-state index contributed by atoms with van der Waals surface area (Å²) < 4.78 is 23.0. The first-order valence-corrected chi connectivity index (χ1v) is 29.7. The van der Waals surface area contributed by atoms with E-state index in [9.17, 15) is 63.6 Å². The predicted molar refractivity (Wildman–Crippen MR) is 300 cm³/mol. The largest absolute Gasteiger partial charge is 0.549 e. The Morgan fingerprint density at radius 1 is 0.774 bits per heavy atom. The second-order valence-corrected chi connectivity index (χ2v) is 27.7. The molecule has 3 heterocycles. The normalized spacial score (nSPS) is 17.1. The third-order valence-corrected chi connectivity index (χ3v) is 20.1. The van der Waals surface area contributed by atoms with Gasteiger partial charge in [0.1, 0.15) is 29.9 Å². The van der Waals surface area contributed by atoms with E-state index < -0.39 is 123 Å². The van der Waals surface area contributed by atoms with Crippen molar-refractivity contribution in [1.29, 1.82) is 0 Å². The molecule has 0 saturated carbocycles. The second kappa shape index (κ2) is 30.7. The van der Waals surface area contributed by atoms with Gasteiger partial charge in [0.05, 0.1) is 36.6 Å². The van der Waals surface area contributed by atoms with Crippen molar-refractivity contribution in [3.63, 3.8) is 0 Å². The van der Waals surface area contributed by atoms with Crippen molar-refractivity contribution < 1.29 is 72.4 Å². The van der Waals surface area contributed by atoms with E-state index in [1.807, 2.05) is 41.5 Å². The SMILES string of the molecule is [C-]#[N+][C@@H]1CCCN1C(=O)CNC(=O)c1ncnc2ccc(OCCCNC(=O)C(CNC(=O)c3ccc([Si](F)(C(C)(C)C)C(C)(C)C)cc3)NC(=O)CCC(C(=O)O)N3CCN(CC(=O)[O-])CCN(CC(=O)[O-])CCN(CC(=O)[O-])CC3)cc12. The minimum Gasteiger partial charge on any atom is -0.549 e. The third-order valence-electron chi connectivity index (χ3n) is 14.8. The molecule has 458 valence electrons. The first kappa shape index (κ1) is 67.1. The van der Waals surface area contributed by atoms with Gasteiger partial charge in [-0.25, -0.2) is 16.5 Å². The molecule has 2 aromatic carbocycles. The van der Waals surface area contributed by atoms with Crippen molar-refractivity contribution in [3.8, 4) is 5.75 Å². The molecule has 2 unspecified atom stereocenters.